The van der Waals surface area contributed by atoms with E-state index >= 15 is 0 Å². The van der Waals surface area contributed by atoms with Gasteiger partial charge in [-0.1, -0.05) is 55.5 Å². The molecule has 2 amide bonds. The highest BCUT2D eigenvalue weighted by molar-refractivity contribution is 5.79. The van der Waals surface area contributed by atoms with Crippen molar-refractivity contribution in [2.24, 2.45) is 0 Å². The van der Waals surface area contributed by atoms with Crippen LogP contribution in [-0.2, 0) is 35.5 Å². The van der Waals surface area contributed by atoms with E-state index in [1.807, 2.05) is 41.3 Å². The summed E-state index contributed by atoms with van der Waals surface area (Å²) in [5.74, 6) is 0.237. The molecule has 0 aliphatic carbocycles. The molecule has 0 aromatic heterocycles. The standard InChI is InChI=1S/C22H26N2O2/c1-2-17-9-11-18(12-10-17)14-21(25)23-15-19-6-3-4-7-20(19)16-24-13-5-8-22(24)26/h3-4,6-7,9-12H,2,5,8,13-16H2,1H3,(H,23,25). The van der Waals surface area contributed by atoms with E-state index in [0.29, 0.717) is 25.9 Å². The second kappa shape index (κ2) is 8.65. The van der Waals surface area contributed by atoms with Gasteiger partial charge in [0.25, 0.3) is 0 Å². The van der Waals surface area contributed by atoms with Gasteiger partial charge < -0.3 is 10.2 Å². The van der Waals surface area contributed by atoms with Crippen LogP contribution in [0, 0.1) is 0 Å². The zero-order valence-electron chi connectivity index (χ0n) is 15.3. The lowest BCUT2D eigenvalue weighted by Crippen LogP contribution is -2.27. The van der Waals surface area contributed by atoms with Crippen LogP contribution in [0.15, 0.2) is 48.5 Å². The maximum atomic E-state index is 12.3. The normalized spacial score (nSPS) is 13.9. The molecule has 1 aliphatic rings. The van der Waals surface area contributed by atoms with Gasteiger partial charge in [-0.05, 0) is 35.1 Å². The molecule has 0 spiro atoms. The molecule has 2 aromatic rings. The molecule has 1 heterocycles. The average Bonchev–Trinajstić information content (AvgIpc) is 3.06. The third-order valence-electron chi connectivity index (χ3n) is 4.92. The lowest BCUT2D eigenvalue weighted by Gasteiger charge is -2.18. The zero-order chi connectivity index (χ0) is 18.4. The molecule has 1 aliphatic heterocycles. The molecule has 1 N–H and O–H groups in total. The summed E-state index contributed by atoms with van der Waals surface area (Å²) in [6.07, 6.45) is 2.98. The molecular weight excluding hydrogens is 324 g/mol. The highest BCUT2D eigenvalue weighted by Gasteiger charge is 2.20. The second-order valence-electron chi connectivity index (χ2n) is 6.81. The Hall–Kier alpha value is -2.62. The summed E-state index contributed by atoms with van der Waals surface area (Å²) in [6.45, 7) is 4.07. The van der Waals surface area contributed by atoms with Gasteiger partial charge in [-0.3, -0.25) is 9.59 Å². The predicted molar refractivity (Wildman–Crippen MR) is 102 cm³/mol. The minimum Gasteiger partial charge on any atom is -0.352 e. The van der Waals surface area contributed by atoms with E-state index < -0.39 is 0 Å². The first kappa shape index (κ1) is 18.2. The number of carbonyl (C=O) groups is 2. The fraction of sp³-hybridized carbons (Fsp3) is 0.364. The van der Waals surface area contributed by atoms with Crippen molar-refractivity contribution < 1.29 is 9.59 Å². The van der Waals surface area contributed by atoms with E-state index in [-0.39, 0.29) is 11.8 Å². The van der Waals surface area contributed by atoms with Crippen LogP contribution < -0.4 is 5.32 Å². The van der Waals surface area contributed by atoms with Gasteiger partial charge in [-0.15, -0.1) is 0 Å². The Labute approximate surface area is 155 Å². The van der Waals surface area contributed by atoms with Crippen molar-refractivity contribution in [3.63, 3.8) is 0 Å². The van der Waals surface area contributed by atoms with Gasteiger partial charge in [0, 0.05) is 26.1 Å². The first-order valence-corrected chi connectivity index (χ1v) is 9.35. The second-order valence-corrected chi connectivity index (χ2v) is 6.81. The van der Waals surface area contributed by atoms with Crippen molar-refractivity contribution >= 4 is 11.8 Å². The van der Waals surface area contributed by atoms with E-state index in [0.717, 1.165) is 36.1 Å². The van der Waals surface area contributed by atoms with E-state index in [1.54, 1.807) is 0 Å². The van der Waals surface area contributed by atoms with Gasteiger partial charge in [0.05, 0.1) is 6.42 Å². The van der Waals surface area contributed by atoms with Crippen molar-refractivity contribution in [2.45, 2.75) is 45.7 Å². The minimum atomic E-state index is 0.0151. The number of aryl methyl sites for hydroxylation is 1. The van der Waals surface area contributed by atoms with E-state index in [2.05, 4.69) is 24.4 Å². The van der Waals surface area contributed by atoms with Crippen molar-refractivity contribution in [1.82, 2.24) is 10.2 Å². The fourth-order valence-corrected chi connectivity index (χ4v) is 3.30. The third-order valence-corrected chi connectivity index (χ3v) is 4.92. The molecule has 3 rings (SSSR count). The number of likely N-dealkylation sites (tertiary alicyclic amines) is 1. The number of benzene rings is 2. The number of carbonyl (C=O) groups excluding carboxylic acids is 2. The van der Waals surface area contributed by atoms with Crippen LogP contribution in [0.2, 0.25) is 0 Å². The molecule has 1 fully saturated rings. The number of nitrogens with zero attached hydrogens (tertiary/aromatic N) is 1. The molecule has 0 bridgehead atoms. The first-order valence-electron chi connectivity index (χ1n) is 9.35. The van der Waals surface area contributed by atoms with Crippen molar-refractivity contribution in [1.29, 1.82) is 0 Å². The van der Waals surface area contributed by atoms with E-state index in [9.17, 15) is 9.59 Å². The number of amides is 2. The molecule has 26 heavy (non-hydrogen) atoms. The Morgan fingerprint density at radius 1 is 1.04 bits per heavy atom. The average molecular weight is 350 g/mol. The fourth-order valence-electron chi connectivity index (χ4n) is 3.30. The Morgan fingerprint density at radius 3 is 2.38 bits per heavy atom. The molecular formula is C22H26N2O2. The van der Waals surface area contributed by atoms with E-state index in [4.69, 9.17) is 0 Å². The number of hydrogen-bond acceptors (Lipinski definition) is 2. The molecule has 4 heteroatoms. The summed E-state index contributed by atoms with van der Waals surface area (Å²) in [5.41, 5.74) is 4.48. The maximum Gasteiger partial charge on any atom is 0.224 e. The van der Waals surface area contributed by atoms with Gasteiger partial charge >= 0.3 is 0 Å². The summed E-state index contributed by atoms with van der Waals surface area (Å²) in [4.78, 5) is 26.0. The molecule has 0 saturated carbocycles. The summed E-state index contributed by atoms with van der Waals surface area (Å²) >= 11 is 0. The van der Waals surface area contributed by atoms with Crippen molar-refractivity contribution in [2.75, 3.05) is 6.54 Å². The van der Waals surface area contributed by atoms with Crippen molar-refractivity contribution in [3.05, 3.63) is 70.8 Å². The lowest BCUT2D eigenvalue weighted by atomic mass is 10.1. The third kappa shape index (κ3) is 4.72. The monoisotopic (exact) mass is 350 g/mol. The number of hydrogen-bond donors (Lipinski definition) is 1. The molecule has 0 radical (unpaired) electrons. The van der Waals surface area contributed by atoms with Crippen LogP contribution >= 0.6 is 0 Å². The van der Waals surface area contributed by atoms with Crippen LogP contribution in [0.25, 0.3) is 0 Å². The molecule has 4 nitrogen and oxygen atoms in total. The summed E-state index contributed by atoms with van der Waals surface area (Å²) in [7, 11) is 0. The molecule has 0 atom stereocenters. The van der Waals surface area contributed by atoms with E-state index in [1.165, 1.54) is 5.56 Å². The van der Waals surface area contributed by atoms with Crippen LogP contribution in [0.1, 0.15) is 42.0 Å². The topological polar surface area (TPSA) is 49.4 Å². The van der Waals surface area contributed by atoms with Crippen LogP contribution in [0.4, 0.5) is 0 Å². The first-order chi connectivity index (χ1) is 12.7. The molecule has 2 aromatic carbocycles. The highest BCUT2D eigenvalue weighted by atomic mass is 16.2. The van der Waals surface area contributed by atoms with Gasteiger partial charge in [0.2, 0.25) is 11.8 Å². The van der Waals surface area contributed by atoms with Gasteiger partial charge in [0.1, 0.15) is 0 Å². The number of rotatable bonds is 7. The van der Waals surface area contributed by atoms with Crippen LogP contribution in [-0.4, -0.2) is 23.3 Å². The summed E-state index contributed by atoms with van der Waals surface area (Å²) in [6, 6.07) is 16.2. The Balaban J connectivity index is 1.56. The summed E-state index contributed by atoms with van der Waals surface area (Å²) in [5, 5.41) is 3.01. The molecule has 136 valence electrons. The molecule has 0 unspecified atom stereocenters. The van der Waals surface area contributed by atoms with Gasteiger partial charge in [0.15, 0.2) is 0 Å². The van der Waals surface area contributed by atoms with Crippen molar-refractivity contribution in [3.8, 4) is 0 Å². The minimum absolute atomic E-state index is 0.0151. The summed E-state index contributed by atoms with van der Waals surface area (Å²) < 4.78 is 0. The zero-order valence-corrected chi connectivity index (χ0v) is 15.3. The van der Waals surface area contributed by atoms with Gasteiger partial charge in [-0.2, -0.15) is 0 Å². The Bertz CT molecular complexity index is 768. The quantitative estimate of drug-likeness (QED) is 0.833. The lowest BCUT2D eigenvalue weighted by molar-refractivity contribution is -0.128. The Morgan fingerprint density at radius 2 is 1.73 bits per heavy atom. The Kier molecular flexibility index (Phi) is 6.05. The molecule has 1 saturated heterocycles. The van der Waals surface area contributed by atoms with Gasteiger partial charge in [-0.25, -0.2) is 0 Å². The largest absolute Gasteiger partial charge is 0.352 e. The predicted octanol–water partition coefficient (Wildman–Crippen LogP) is 3.23. The smallest absolute Gasteiger partial charge is 0.224 e. The highest BCUT2D eigenvalue weighted by Crippen LogP contribution is 2.17. The van der Waals surface area contributed by atoms with Crippen LogP contribution in [0.5, 0.6) is 0 Å². The maximum absolute atomic E-state index is 12.3. The number of nitrogens with one attached hydrogen (secondary N) is 1. The SMILES string of the molecule is CCc1ccc(CC(=O)NCc2ccccc2CN2CCCC2=O)cc1. The van der Waals surface area contributed by atoms with Crippen LogP contribution in [0.3, 0.4) is 0 Å².